The molecular weight excluding hydrogens is 404 g/mol. The third-order valence-corrected chi connectivity index (χ3v) is 5.47. The Kier molecular flexibility index (Phi) is 5.81. The normalized spacial score (nSPS) is 11.9. The second kappa shape index (κ2) is 8.70. The first-order chi connectivity index (χ1) is 15.4. The van der Waals surface area contributed by atoms with Gasteiger partial charge in [-0.2, -0.15) is 5.10 Å². The molecule has 0 aliphatic heterocycles. The van der Waals surface area contributed by atoms with E-state index in [9.17, 15) is 4.79 Å². The van der Waals surface area contributed by atoms with Crippen LogP contribution < -0.4 is 14.8 Å². The van der Waals surface area contributed by atoms with Crippen molar-refractivity contribution >= 4 is 16.9 Å². The summed E-state index contributed by atoms with van der Waals surface area (Å²) in [6, 6.07) is 16.9. The highest BCUT2D eigenvalue weighted by Gasteiger charge is 2.21. The predicted octanol–water partition coefficient (Wildman–Crippen LogP) is 4.55. The quantitative estimate of drug-likeness (QED) is 0.486. The van der Waals surface area contributed by atoms with E-state index in [1.165, 1.54) is 0 Å². The van der Waals surface area contributed by atoms with Crippen LogP contribution >= 0.6 is 0 Å². The molecule has 1 N–H and O–H groups in total. The van der Waals surface area contributed by atoms with Crippen molar-refractivity contribution in [2.24, 2.45) is 0 Å². The van der Waals surface area contributed by atoms with E-state index in [2.05, 4.69) is 10.4 Å². The van der Waals surface area contributed by atoms with Gasteiger partial charge in [0.15, 0.2) is 5.65 Å². The molecule has 7 heteroatoms. The van der Waals surface area contributed by atoms with Crippen LogP contribution in [0.4, 0.5) is 0 Å². The minimum atomic E-state index is -0.172. The fourth-order valence-electron chi connectivity index (χ4n) is 3.75. The Morgan fingerprint density at radius 2 is 1.56 bits per heavy atom. The van der Waals surface area contributed by atoms with E-state index in [4.69, 9.17) is 14.5 Å². The molecule has 1 amide bonds. The first-order valence-electron chi connectivity index (χ1n) is 10.4. The standard InChI is InChI=1S/C25H26N4O3/c1-15-14-22(25(30)27-16(2)18-6-10-20(31-4)11-7-18)23-17(3)28-29(24(23)26-15)19-8-12-21(32-5)13-9-19/h6-14,16H,1-5H3,(H,27,30)/t16-/m1/s1. The number of ether oxygens (including phenoxy) is 2. The molecular formula is C25H26N4O3. The number of hydrogen-bond acceptors (Lipinski definition) is 5. The lowest BCUT2D eigenvalue weighted by Crippen LogP contribution is -2.27. The topological polar surface area (TPSA) is 78.3 Å². The summed E-state index contributed by atoms with van der Waals surface area (Å²) in [5.41, 5.74) is 4.53. The molecule has 2 aromatic heterocycles. The van der Waals surface area contributed by atoms with Crippen LogP contribution in [0.25, 0.3) is 16.7 Å². The summed E-state index contributed by atoms with van der Waals surface area (Å²) in [4.78, 5) is 18.0. The van der Waals surface area contributed by atoms with E-state index in [-0.39, 0.29) is 11.9 Å². The highest BCUT2D eigenvalue weighted by molar-refractivity contribution is 6.07. The van der Waals surface area contributed by atoms with Crippen LogP contribution in [0.2, 0.25) is 0 Å². The number of carbonyl (C=O) groups excluding carboxylic acids is 1. The van der Waals surface area contributed by atoms with Crippen molar-refractivity contribution in [3.63, 3.8) is 0 Å². The number of methoxy groups -OCH3 is 2. The lowest BCUT2D eigenvalue weighted by atomic mass is 10.1. The molecule has 0 aliphatic rings. The summed E-state index contributed by atoms with van der Waals surface area (Å²) in [6.07, 6.45) is 0. The highest BCUT2D eigenvalue weighted by Crippen LogP contribution is 2.26. The van der Waals surface area contributed by atoms with Crippen molar-refractivity contribution in [1.82, 2.24) is 20.1 Å². The Labute approximate surface area is 187 Å². The molecule has 1 atom stereocenters. The minimum Gasteiger partial charge on any atom is -0.497 e. The molecule has 0 saturated carbocycles. The molecule has 0 unspecified atom stereocenters. The second-order valence-corrected chi connectivity index (χ2v) is 7.67. The van der Waals surface area contributed by atoms with Gasteiger partial charge in [0.25, 0.3) is 5.91 Å². The number of aromatic nitrogens is 3. The van der Waals surface area contributed by atoms with Crippen molar-refractivity contribution in [3.8, 4) is 17.2 Å². The molecule has 2 aromatic carbocycles. The lowest BCUT2D eigenvalue weighted by molar-refractivity contribution is 0.0941. The third-order valence-electron chi connectivity index (χ3n) is 5.47. The number of nitrogens with one attached hydrogen (secondary N) is 1. The van der Waals surface area contributed by atoms with E-state index >= 15 is 0 Å². The van der Waals surface area contributed by atoms with Gasteiger partial charge in [-0.1, -0.05) is 12.1 Å². The molecule has 0 saturated heterocycles. The smallest absolute Gasteiger partial charge is 0.252 e. The van der Waals surface area contributed by atoms with Crippen molar-refractivity contribution in [2.75, 3.05) is 14.2 Å². The molecule has 164 valence electrons. The van der Waals surface area contributed by atoms with Crippen LogP contribution in [0.5, 0.6) is 11.5 Å². The van der Waals surface area contributed by atoms with Gasteiger partial charge in [0.1, 0.15) is 11.5 Å². The molecule has 0 aliphatic carbocycles. The zero-order valence-corrected chi connectivity index (χ0v) is 18.8. The SMILES string of the molecule is COc1ccc([C@@H](C)NC(=O)c2cc(C)nc3c2c(C)nn3-c2ccc(OC)cc2)cc1. The van der Waals surface area contributed by atoms with Crippen LogP contribution in [0, 0.1) is 13.8 Å². The molecule has 32 heavy (non-hydrogen) atoms. The summed E-state index contributed by atoms with van der Waals surface area (Å²) >= 11 is 0. The van der Waals surface area contributed by atoms with E-state index < -0.39 is 0 Å². The van der Waals surface area contributed by atoms with Gasteiger partial charge in [-0.3, -0.25) is 4.79 Å². The Morgan fingerprint density at radius 1 is 0.969 bits per heavy atom. The van der Waals surface area contributed by atoms with Crippen LogP contribution in [0.15, 0.2) is 54.6 Å². The minimum absolute atomic E-state index is 0.166. The molecule has 0 bridgehead atoms. The van der Waals surface area contributed by atoms with Crippen LogP contribution in [-0.4, -0.2) is 34.9 Å². The lowest BCUT2D eigenvalue weighted by Gasteiger charge is -2.16. The predicted molar refractivity (Wildman–Crippen MR) is 124 cm³/mol. The summed E-state index contributed by atoms with van der Waals surface area (Å²) in [5.74, 6) is 1.38. The summed E-state index contributed by atoms with van der Waals surface area (Å²) < 4.78 is 12.2. The largest absolute Gasteiger partial charge is 0.497 e. The van der Waals surface area contributed by atoms with E-state index in [0.29, 0.717) is 11.2 Å². The summed E-state index contributed by atoms with van der Waals surface area (Å²) in [6.45, 7) is 5.73. The maximum atomic E-state index is 13.3. The monoisotopic (exact) mass is 430 g/mol. The average molecular weight is 431 g/mol. The summed E-state index contributed by atoms with van der Waals surface area (Å²) in [7, 11) is 3.26. The van der Waals surface area contributed by atoms with E-state index in [1.54, 1.807) is 18.9 Å². The number of carbonyl (C=O) groups is 1. The molecule has 0 spiro atoms. The van der Waals surface area contributed by atoms with Crippen molar-refractivity contribution in [3.05, 3.63) is 77.1 Å². The number of nitrogens with zero attached hydrogens (tertiary/aromatic N) is 3. The van der Waals surface area contributed by atoms with Gasteiger partial charge in [-0.05, 0) is 68.8 Å². The Bertz CT molecular complexity index is 1260. The molecule has 0 fully saturated rings. The number of pyridine rings is 1. The third kappa shape index (κ3) is 4.01. The van der Waals surface area contributed by atoms with Gasteiger partial charge < -0.3 is 14.8 Å². The molecule has 7 nitrogen and oxygen atoms in total. The van der Waals surface area contributed by atoms with Crippen LogP contribution in [-0.2, 0) is 0 Å². The van der Waals surface area contributed by atoms with Gasteiger partial charge in [0.2, 0.25) is 0 Å². The van der Waals surface area contributed by atoms with Gasteiger partial charge >= 0.3 is 0 Å². The van der Waals surface area contributed by atoms with Gasteiger partial charge in [-0.15, -0.1) is 0 Å². The number of fused-ring (bicyclic) bond motifs is 1. The van der Waals surface area contributed by atoms with Crippen molar-refractivity contribution in [1.29, 1.82) is 0 Å². The van der Waals surface area contributed by atoms with Gasteiger partial charge in [0.05, 0.1) is 42.6 Å². The van der Waals surface area contributed by atoms with Crippen LogP contribution in [0.1, 0.15) is 40.3 Å². The number of aryl methyl sites for hydroxylation is 2. The number of rotatable bonds is 6. The maximum absolute atomic E-state index is 13.3. The molecule has 4 rings (SSSR count). The molecule has 0 radical (unpaired) electrons. The molecule has 4 aromatic rings. The van der Waals surface area contributed by atoms with Gasteiger partial charge in [0, 0.05) is 5.69 Å². The average Bonchev–Trinajstić information content (AvgIpc) is 3.14. The highest BCUT2D eigenvalue weighted by atomic mass is 16.5. The maximum Gasteiger partial charge on any atom is 0.252 e. The Morgan fingerprint density at radius 3 is 2.16 bits per heavy atom. The zero-order valence-electron chi connectivity index (χ0n) is 18.8. The first kappa shape index (κ1) is 21.4. The number of hydrogen-bond donors (Lipinski definition) is 1. The van der Waals surface area contributed by atoms with Crippen molar-refractivity contribution < 1.29 is 14.3 Å². The zero-order chi connectivity index (χ0) is 22.8. The van der Waals surface area contributed by atoms with Crippen LogP contribution in [0.3, 0.4) is 0 Å². The van der Waals surface area contributed by atoms with E-state index in [1.807, 2.05) is 75.4 Å². The Balaban J connectivity index is 1.70. The summed E-state index contributed by atoms with van der Waals surface area (Å²) in [5, 5.41) is 8.52. The fraction of sp³-hybridized carbons (Fsp3) is 0.240. The van der Waals surface area contributed by atoms with Gasteiger partial charge in [-0.25, -0.2) is 9.67 Å². The fourth-order valence-corrected chi connectivity index (χ4v) is 3.75. The molecule has 2 heterocycles. The first-order valence-corrected chi connectivity index (χ1v) is 10.4. The van der Waals surface area contributed by atoms with E-state index in [0.717, 1.165) is 39.5 Å². The Hall–Kier alpha value is -3.87. The number of amides is 1. The van der Waals surface area contributed by atoms with Crippen molar-refractivity contribution in [2.45, 2.75) is 26.8 Å². The second-order valence-electron chi connectivity index (χ2n) is 7.67. The number of benzene rings is 2.